The van der Waals surface area contributed by atoms with Gasteiger partial charge in [0.1, 0.15) is 5.69 Å². The SMILES string of the molecule is O=C(O)CN1CCN2CCN(CC(=O)O)CCN(CC1)Cc1cccc(n1)-c1cnnn1Cc1cc(-c3ccccc3)cc(n1)C2.[Er]. The molecule has 4 aromatic rings. The molecule has 47 heavy (non-hydrogen) atoms. The third-order valence-corrected chi connectivity index (χ3v) is 8.46. The molecule has 252 valence electrons. The van der Waals surface area contributed by atoms with E-state index in [1.54, 1.807) is 6.20 Å². The van der Waals surface area contributed by atoms with Crippen molar-refractivity contribution in [1.82, 2.24) is 44.6 Å². The number of aromatic nitrogens is 5. The van der Waals surface area contributed by atoms with Crippen LogP contribution in [0, 0.1) is 37.3 Å². The predicted molar refractivity (Wildman–Crippen MR) is 171 cm³/mol. The second-order valence-corrected chi connectivity index (χ2v) is 11.9. The molecule has 0 aliphatic carbocycles. The van der Waals surface area contributed by atoms with Crippen molar-refractivity contribution in [2.75, 3.05) is 65.4 Å². The summed E-state index contributed by atoms with van der Waals surface area (Å²) in [6, 6.07) is 20.2. The Kier molecular flexibility index (Phi) is 12.4. The molecule has 0 radical (unpaired) electrons. The van der Waals surface area contributed by atoms with Gasteiger partial charge in [-0.3, -0.25) is 34.2 Å². The maximum absolute atomic E-state index is 11.8. The molecule has 0 saturated carbocycles. The quantitative estimate of drug-likeness (QED) is 0.305. The molecule has 0 atom stereocenters. The minimum Gasteiger partial charge on any atom is -0.480 e. The third-order valence-electron chi connectivity index (χ3n) is 8.46. The first-order valence-electron chi connectivity index (χ1n) is 15.6. The molecule has 3 aliphatic heterocycles. The Morgan fingerprint density at radius 3 is 1.81 bits per heavy atom. The fourth-order valence-corrected chi connectivity index (χ4v) is 6.10. The van der Waals surface area contributed by atoms with Gasteiger partial charge in [-0.2, -0.15) is 0 Å². The maximum atomic E-state index is 11.8. The monoisotopic (exact) mass is 791 g/mol. The fourth-order valence-electron chi connectivity index (χ4n) is 6.10. The van der Waals surface area contributed by atoms with Crippen LogP contribution in [0.1, 0.15) is 17.1 Å². The van der Waals surface area contributed by atoms with Crippen molar-refractivity contribution < 1.29 is 57.1 Å². The standard InChI is InChI=1S/C33H39N9O4.Er/c43-32(44)23-40-13-9-38-10-14-41(24-33(45)46)16-12-39(11-15-40)21-28-17-26(25-5-2-1-3-6-25)18-29(35-28)22-42-31(19-34-37-42)30-8-4-7-27(20-38)36-30;/h1-8,17-19H,9-16,20-24H2,(H,43,44)(H,45,46);. The zero-order valence-corrected chi connectivity index (χ0v) is 27.9. The first-order chi connectivity index (χ1) is 22.4. The van der Waals surface area contributed by atoms with Gasteiger partial charge in [-0.15, -0.1) is 5.10 Å². The van der Waals surface area contributed by atoms with Crippen LogP contribution in [-0.2, 0) is 29.2 Å². The van der Waals surface area contributed by atoms with Crippen molar-refractivity contribution >= 4 is 11.9 Å². The van der Waals surface area contributed by atoms with Gasteiger partial charge in [-0.25, -0.2) is 9.67 Å². The van der Waals surface area contributed by atoms with E-state index in [9.17, 15) is 19.8 Å². The predicted octanol–water partition coefficient (Wildman–Crippen LogP) is 1.85. The molecular formula is C33H39ErN9O4. The number of aliphatic carboxylic acids is 2. The molecule has 0 unspecified atom stereocenters. The molecule has 14 heteroatoms. The molecule has 6 heterocycles. The van der Waals surface area contributed by atoms with E-state index in [4.69, 9.17) is 9.97 Å². The van der Waals surface area contributed by atoms with E-state index in [1.807, 2.05) is 50.9 Å². The minimum absolute atomic E-state index is 0. The summed E-state index contributed by atoms with van der Waals surface area (Å²) in [5.74, 6) is -1.72. The third kappa shape index (κ3) is 9.85. The van der Waals surface area contributed by atoms with Crippen molar-refractivity contribution in [3.05, 3.63) is 83.9 Å². The number of hydrogen-bond acceptors (Lipinski definition) is 10. The summed E-state index contributed by atoms with van der Waals surface area (Å²) in [6.45, 7) is 6.03. The summed E-state index contributed by atoms with van der Waals surface area (Å²) in [6.07, 6.45) is 1.72. The van der Waals surface area contributed by atoms with Crippen molar-refractivity contribution in [2.24, 2.45) is 0 Å². The van der Waals surface area contributed by atoms with Gasteiger partial charge in [0, 0.05) is 103 Å². The summed E-state index contributed by atoms with van der Waals surface area (Å²) < 4.78 is 1.84. The number of fused-ring (bicyclic) bond motifs is 8. The van der Waals surface area contributed by atoms with Gasteiger partial charge in [-0.1, -0.05) is 41.6 Å². The Morgan fingerprint density at radius 1 is 0.638 bits per heavy atom. The normalized spacial score (nSPS) is 19.6. The molecule has 1 aromatic carbocycles. The average molecular weight is 793 g/mol. The zero-order valence-electron chi connectivity index (χ0n) is 26.1. The Morgan fingerprint density at radius 2 is 1.21 bits per heavy atom. The number of pyridine rings is 2. The summed E-state index contributed by atoms with van der Waals surface area (Å²) in [4.78, 5) is 42.2. The second-order valence-electron chi connectivity index (χ2n) is 11.9. The molecule has 13 nitrogen and oxygen atoms in total. The Labute approximate surface area is 303 Å². The van der Waals surface area contributed by atoms with E-state index in [-0.39, 0.29) is 50.4 Å². The van der Waals surface area contributed by atoms with Crippen LogP contribution in [0.2, 0.25) is 0 Å². The van der Waals surface area contributed by atoms with Gasteiger partial charge in [0.2, 0.25) is 0 Å². The Hall–Kier alpha value is -3.31. The second kappa shape index (κ2) is 16.7. The number of rotatable bonds is 5. The van der Waals surface area contributed by atoms with E-state index in [2.05, 4.69) is 44.4 Å². The molecule has 2 N–H and O–H groups in total. The van der Waals surface area contributed by atoms with Crippen LogP contribution in [0.4, 0.5) is 0 Å². The number of hydrogen-bond donors (Lipinski definition) is 2. The van der Waals surface area contributed by atoms with Crippen molar-refractivity contribution in [3.63, 3.8) is 0 Å². The molecule has 0 amide bonds. The molecular weight excluding hydrogens is 754 g/mol. The first-order valence-corrected chi connectivity index (χ1v) is 15.6. The van der Waals surface area contributed by atoms with Crippen molar-refractivity contribution in [1.29, 1.82) is 0 Å². The van der Waals surface area contributed by atoms with Gasteiger partial charge in [0.15, 0.2) is 0 Å². The largest absolute Gasteiger partial charge is 0.480 e. The molecule has 3 aromatic heterocycles. The molecule has 0 spiro atoms. The van der Waals surface area contributed by atoms with Crippen molar-refractivity contribution in [2.45, 2.75) is 19.6 Å². The van der Waals surface area contributed by atoms with E-state index >= 15 is 0 Å². The average Bonchev–Trinajstić information content (AvgIpc) is 3.50. The summed E-state index contributed by atoms with van der Waals surface area (Å²) in [5, 5.41) is 28.0. The number of benzene rings is 1. The molecule has 1 saturated heterocycles. The zero-order chi connectivity index (χ0) is 31.9. The van der Waals surface area contributed by atoms with Crippen LogP contribution in [0.25, 0.3) is 22.5 Å². The molecule has 1 fully saturated rings. The fraction of sp³-hybridized carbons (Fsp3) is 0.394. The maximum Gasteiger partial charge on any atom is 0.317 e. The number of carboxylic acid groups (broad SMARTS) is 2. The van der Waals surface area contributed by atoms with Crippen LogP contribution in [0.5, 0.6) is 0 Å². The van der Waals surface area contributed by atoms with Crippen LogP contribution < -0.4 is 0 Å². The summed E-state index contributed by atoms with van der Waals surface area (Å²) in [5.41, 5.74) is 6.18. The van der Waals surface area contributed by atoms with E-state index < -0.39 is 11.9 Å². The van der Waals surface area contributed by atoms with Gasteiger partial charge in [0.05, 0.1) is 48.6 Å². The van der Waals surface area contributed by atoms with Crippen LogP contribution in [0.15, 0.2) is 66.9 Å². The van der Waals surface area contributed by atoms with E-state index in [0.29, 0.717) is 72.0 Å². The minimum atomic E-state index is -0.860. The topological polar surface area (TPSA) is 144 Å². The van der Waals surface area contributed by atoms with Crippen LogP contribution in [0.3, 0.4) is 0 Å². The molecule has 6 bridgehead atoms. The van der Waals surface area contributed by atoms with E-state index in [0.717, 1.165) is 39.6 Å². The summed E-state index contributed by atoms with van der Waals surface area (Å²) in [7, 11) is 0. The van der Waals surface area contributed by atoms with Gasteiger partial charge >= 0.3 is 11.9 Å². The smallest absolute Gasteiger partial charge is 0.317 e. The van der Waals surface area contributed by atoms with E-state index in [1.165, 1.54) is 0 Å². The van der Waals surface area contributed by atoms with Crippen LogP contribution >= 0.6 is 0 Å². The Balaban J connectivity index is 0.00000433. The van der Waals surface area contributed by atoms with Crippen LogP contribution in [-0.4, -0.2) is 132 Å². The molecule has 3 aliphatic rings. The van der Waals surface area contributed by atoms with Gasteiger partial charge in [0.25, 0.3) is 0 Å². The number of carboxylic acids is 2. The number of carbonyl (C=O) groups is 2. The Bertz CT molecular complexity index is 1620. The summed E-state index contributed by atoms with van der Waals surface area (Å²) >= 11 is 0. The van der Waals surface area contributed by atoms with Crippen molar-refractivity contribution in [3.8, 4) is 22.5 Å². The van der Waals surface area contributed by atoms with Gasteiger partial charge in [-0.05, 0) is 35.4 Å². The first kappa shape index (κ1) is 35.0. The number of nitrogens with zero attached hydrogens (tertiary/aromatic N) is 9. The van der Waals surface area contributed by atoms with Gasteiger partial charge < -0.3 is 10.2 Å². The molecule has 7 rings (SSSR count).